The Morgan fingerprint density at radius 2 is 0.929 bits per heavy atom. The van der Waals surface area contributed by atoms with Crippen molar-refractivity contribution in [1.29, 1.82) is 0 Å². The molecular weight excluding hydrogens is 1120 g/mol. The molecule has 84 heavy (non-hydrogen) atoms. The maximum atomic E-state index is 14.4. The summed E-state index contributed by atoms with van der Waals surface area (Å²) in [7, 11) is 0. The Balaban J connectivity index is 3.61. The predicted octanol–water partition coefficient (Wildman–Crippen LogP) is -3.54. The van der Waals surface area contributed by atoms with Crippen molar-refractivity contribution in [1.82, 2.24) is 57.8 Å². The summed E-state index contributed by atoms with van der Waals surface area (Å²) in [4.78, 5) is 178. The standard InChI is InChI=1S/C52H89N15O16S/c1-6-28(3)42(51(82)63-34(15-17-38(56)68)45(76)58-26-41(73)74)66-49(80)33(13-9-11-22-54)61-47(78)35(16-19-40(71)72)62-48(79)36(20-23-84-5)64-52(83)43(29(4)7-2)67-50(81)37(24-30-25-57-27-59-30)65-46(77)32(12-8-10-21-53)60-44(75)31(55)14-18-39(69)70/h25,27-29,31-37,42-43H,6-24,26,53-55H2,1-5H3,(H2,56,68)(H,57,59)(H,58,76)(H,60,75)(H,61,78)(H,62,79)(H,63,82)(H,64,83)(H,65,77)(H,66,80)(H,67,81)(H,69,70)(H,71,72)(H,73,74)/t28-,29-,31-,32-,33-,34-,35-,36-,37-,42-,43-/m0/s1. The Morgan fingerprint density at radius 3 is 1.36 bits per heavy atom. The molecule has 0 aliphatic carbocycles. The highest BCUT2D eigenvalue weighted by molar-refractivity contribution is 7.98. The molecule has 0 saturated carbocycles. The third-order valence-electron chi connectivity index (χ3n) is 13.6. The Kier molecular flexibility index (Phi) is 36.1. The third-order valence-corrected chi connectivity index (χ3v) is 14.3. The van der Waals surface area contributed by atoms with Gasteiger partial charge in [0, 0.05) is 37.6 Å². The number of aliphatic carboxylic acids is 3. The maximum Gasteiger partial charge on any atom is 0.322 e. The first-order chi connectivity index (χ1) is 39.7. The first-order valence-electron chi connectivity index (χ1n) is 28.0. The van der Waals surface area contributed by atoms with Crippen molar-refractivity contribution in [2.45, 2.75) is 185 Å². The van der Waals surface area contributed by atoms with E-state index in [0.717, 1.165) is 0 Å². The number of carboxylic acid groups (broad SMARTS) is 3. The first kappa shape index (κ1) is 74.6. The van der Waals surface area contributed by atoms with Gasteiger partial charge in [0.2, 0.25) is 59.1 Å². The highest BCUT2D eigenvalue weighted by Crippen LogP contribution is 2.15. The van der Waals surface area contributed by atoms with Gasteiger partial charge in [-0.05, 0) is 101 Å². The molecule has 0 aliphatic heterocycles. The first-order valence-corrected chi connectivity index (χ1v) is 29.4. The number of aromatic amines is 1. The van der Waals surface area contributed by atoms with Crippen molar-refractivity contribution in [3.05, 3.63) is 18.2 Å². The van der Waals surface area contributed by atoms with Crippen molar-refractivity contribution in [2.75, 3.05) is 31.6 Å². The van der Waals surface area contributed by atoms with E-state index in [2.05, 4.69) is 57.8 Å². The molecule has 1 aromatic heterocycles. The van der Waals surface area contributed by atoms with Crippen molar-refractivity contribution in [2.24, 2.45) is 34.8 Å². The number of nitrogens with zero attached hydrogens (tertiary/aromatic N) is 1. The van der Waals surface area contributed by atoms with Gasteiger partial charge in [0.1, 0.15) is 54.9 Å². The number of carboxylic acids is 3. The molecule has 0 radical (unpaired) electrons. The SMILES string of the molecule is CC[C@H](C)[C@H](NC(=O)[C@H](CCCCN)NC(=O)[C@H](CCC(=O)O)NC(=O)[C@H](CCSC)NC(=O)[C@@H](NC(=O)[C@H](Cc1cnc[nH]1)NC(=O)[C@H](CCCCN)NC(=O)[C@@H](N)CCC(=O)O)[C@@H](C)CC)C(=O)N[C@@H](CCC(N)=O)C(=O)NCC(=O)O. The lowest BCUT2D eigenvalue weighted by atomic mass is 9.96. The molecule has 0 saturated heterocycles. The van der Waals surface area contributed by atoms with E-state index in [1.54, 1.807) is 34.0 Å². The second-order valence-electron chi connectivity index (χ2n) is 20.3. The number of hydrogen-bond donors (Lipinski definition) is 17. The summed E-state index contributed by atoms with van der Waals surface area (Å²) in [5.74, 6) is -13.7. The van der Waals surface area contributed by atoms with E-state index < -0.39 is 169 Å². The van der Waals surface area contributed by atoms with E-state index in [1.165, 1.54) is 24.3 Å². The summed E-state index contributed by atoms with van der Waals surface area (Å²) in [6.07, 6.45) is 3.81. The van der Waals surface area contributed by atoms with Crippen molar-refractivity contribution < 1.29 is 77.6 Å². The van der Waals surface area contributed by atoms with Crippen LogP contribution in [0.4, 0.5) is 0 Å². The second kappa shape index (κ2) is 40.7. The number of hydrogen-bond acceptors (Lipinski definition) is 18. The normalized spacial score (nSPS) is 15.0. The molecule has 10 amide bonds. The topological polar surface area (TPSA) is 524 Å². The van der Waals surface area contributed by atoms with Gasteiger partial charge in [-0.3, -0.25) is 62.3 Å². The minimum atomic E-state index is -1.64. The third kappa shape index (κ3) is 29.2. The lowest BCUT2D eigenvalue weighted by Crippen LogP contribution is -2.61. The molecule has 31 nitrogen and oxygen atoms in total. The van der Waals surface area contributed by atoms with Gasteiger partial charge in [0.25, 0.3) is 0 Å². The maximum absolute atomic E-state index is 14.4. The second-order valence-corrected chi connectivity index (χ2v) is 21.3. The van der Waals surface area contributed by atoms with Crippen LogP contribution in [0, 0.1) is 11.8 Å². The van der Waals surface area contributed by atoms with Gasteiger partial charge in [0.15, 0.2) is 0 Å². The highest BCUT2D eigenvalue weighted by Gasteiger charge is 2.37. The molecule has 32 heteroatoms. The molecule has 474 valence electrons. The molecule has 0 bridgehead atoms. The zero-order valence-corrected chi connectivity index (χ0v) is 49.3. The Bertz CT molecular complexity index is 2330. The average molecular weight is 1210 g/mol. The number of nitrogens with two attached hydrogens (primary N) is 4. The van der Waals surface area contributed by atoms with Gasteiger partial charge in [-0.2, -0.15) is 11.8 Å². The fourth-order valence-corrected chi connectivity index (χ4v) is 8.64. The number of nitrogens with one attached hydrogen (secondary N) is 10. The fraction of sp³-hybridized carbons (Fsp3) is 0.692. The zero-order chi connectivity index (χ0) is 63.5. The van der Waals surface area contributed by atoms with Crippen LogP contribution in [0.25, 0.3) is 0 Å². The van der Waals surface area contributed by atoms with Crippen LogP contribution >= 0.6 is 11.8 Å². The smallest absolute Gasteiger partial charge is 0.322 e. The summed E-state index contributed by atoms with van der Waals surface area (Å²) in [5.41, 5.74) is 23.0. The Labute approximate surface area is 492 Å². The van der Waals surface area contributed by atoms with Crippen LogP contribution in [0.2, 0.25) is 0 Å². The van der Waals surface area contributed by atoms with Crippen molar-refractivity contribution in [3.63, 3.8) is 0 Å². The minimum Gasteiger partial charge on any atom is -0.481 e. The largest absolute Gasteiger partial charge is 0.481 e. The lowest BCUT2D eigenvalue weighted by Gasteiger charge is -2.30. The monoisotopic (exact) mass is 1210 g/mol. The van der Waals surface area contributed by atoms with E-state index in [4.69, 9.17) is 33.1 Å². The zero-order valence-electron chi connectivity index (χ0n) is 48.5. The van der Waals surface area contributed by atoms with Crippen LogP contribution in [0.5, 0.6) is 0 Å². The molecule has 1 aromatic rings. The number of unbranched alkanes of at least 4 members (excludes halogenated alkanes) is 2. The van der Waals surface area contributed by atoms with E-state index in [-0.39, 0.29) is 70.2 Å². The van der Waals surface area contributed by atoms with Crippen molar-refractivity contribution >= 4 is 88.7 Å². The lowest BCUT2D eigenvalue weighted by molar-refractivity contribution is -0.139. The van der Waals surface area contributed by atoms with Gasteiger partial charge in [-0.25, -0.2) is 4.98 Å². The van der Waals surface area contributed by atoms with Crippen LogP contribution in [-0.2, 0) is 68.7 Å². The molecule has 1 heterocycles. The number of rotatable bonds is 45. The summed E-state index contributed by atoms with van der Waals surface area (Å²) in [5, 5.41) is 50.7. The Hall–Kier alpha value is -7.45. The molecule has 1 rings (SSSR count). The number of amides is 10. The number of carbonyl (C=O) groups is 13. The van der Waals surface area contributed by atoms with E-state index in [1.807, 2.05) is 0 Å². The van der Waals surface area contributed by atoms with Gasteiger partial charge >= 0.3 is 17.9 Å². The van der Waals surface area contributed by atoms with Crippen LogP contribution in [0.15, 0.2) is 12.5 Å². The fourth-order valence-electron chi connectivity index (χ4n) is 8.17. The Morgan fingerprint density at radius 1 is 0.524 bits per heavy atom. The number of carbonyl (C=O) groups excluding carboxylic acids is 10. The van der Waals surface area contributed by atoms with Crippen LogP contribution in [0.1, 0.15) is 130 Å². The molecule has 0 aromatic carbocycles. The summed E-state index contributed by atoms with van der Waals surface area (Å²) in [6.45, 7) is 6.35. The number of imidazole rings is 1. The van der Waals surface area contributed by atoms with Gasteiger partial charge in [-0.1, -0.05) is 40.5 Å². The molecule has 11 atom stereocenters. The van der Waals surface area contributed by atoms with Crippen molar-refractivity contribution in [3.8, 4) is 0 Å². The van der Waals surface area contributed by atoms with Crippen LogP contribution in [-0.4, -0.2) is 188 Å². The molecule has 0 spiro atoms. The van der Waals surface area contributed by atoms with Gasteiger partial charge in [-0.15, -0.1) is 0 Å². The van der Waals surface area contributed by atoms with Crippen LogP contribution < -0.4 is 70.8 Å². The summed E-state index contributed by atoms with van der Waals surface area (Å²) < 4.78 is 0. The highest BCUT2D eigenvalue weighted by atomic mass is 32.2. The molecule has 21 N–H and O–H groups in total. The van der Waals surface area contributed by atoms with Gasteiger partial charge in [0.05, 0.1) is 12.4 Å². The summed E-state index contributed by atoms with van der Waals surface area (Å²) >= 11 is 1.30. The average Bonchev–Trinajstić information content (AvgIpc) is 4.07. The minimum absolute atomic E-state index is 0.0449. The quantitative estimate of drug-likeness (QED) is 0.0281. The van der Waals surface area contributed by atoms with Gasteiger partial charge < -0.3 is 91.1 Å². The predicted molar refractivity (Wildman–Crippen MR) is 306 cm³/mol. The molecule has 0 fully saturated rings. The number of H-pyrrole nitrogens is 1. The molecule has 0 unspecified atom stereocenters. The summed E-state index contributed by atoms with van der Waals surface area (Å²) in [6, 6.07) is -12.6. The van der Waals surface area contributed by atoms with E-state index in [0.29, 0.717) is 37.8 Å². The van der Waals surface area contributed by atoms with E-state index >= 15 is 0 Å². The molecule has 0 aliphatic rings. The number of aromatic nitrogens is 2. The number of primary amides is 1. The molecular formula is C52H89N15O16S. The van der Waals surface area contributed by atoms with Crippen LogP contribution in [0.3, 0.4) is 0 Å². The van der Waals surface area contributed by atoms with E-state index in [9.17, 15) is 67.4 Å². The number of thioether (sulfide) groups is 1.